The lowest BCUT2D eigenvalue weighted by Crippen LogP contribution is -2.13. The van der Waals surface area contributed by atoms with Crippen LogP contribution in [0.3, 0.4) is 0 Å². The summed E-state index contributed by atoms with van der Waals surface area (Å²) in [6.07, 6.45) is 0. The van der Waals surface area contributed by atoms with Crippen LogP contribution in [0.5, 0.6) is 0 Å². The third-order valence-electron chi connectivity index (χ3n) is 3.69. The summed E-state index contributed by atoms with van der Waals surface area (Å²) in [5.74, 6) is 0.755. The predicted octanol–water partition coefficient (Wildman–Crippen LogP) is 2.33. The third kappa shape index (κ3) is 3.03. The normalized spacial score (nSPS) is 12.7. The van der Waals surface area contributed by atoms with Crippen LogP contribution in [-0.2, 0) is 16.1 Å². The summed E-state index contributed by atoms with van der Waals surface area (Å²) >= 11 is 0. The monoisotopic (exact) mass is 306 g/mol. The standard InChI is InChI=1S/C15H22N4O3/c1-8(2)14-16-12(18-22-14)7-19-11(5)13(10(4)17-19)9(3)15(20)21-6/h8-9H,7H2,1-6H3. The van der Waals surface area contributed by atoms with Crippen LogP contribution in [0.2, 0.25) is 0 Å². The minimum absolute atomic E-state index is 0.191. The van der Waals surface area contributed by atoms with Crippen molar-refractivity contribution in [3.63, 3.8) is 0 Å². The maximum absolute atomic E-state index is 11.8. The maximum atomic E-state index is 11.8. The molecule has 2 rings (SSSR count). The number of esters is 1. The van der Waals surface area contributed by atoms with E-state index in [0.717, 1.165) is 17.0 Å². The molecular weight excluding hydrogens is 284 g/mol. The molecule has 2 aromatic rings. The molecule has 0 bridgehead atoms. The van der Waals surface area contributed by atoms with Crippen LogP contribution in [0.1, 0.15) is 61.3 Å². The molecule has 1 atom stereocenters. The van der Waals surface area contributed by atoms with E-state index in [0.29, 0.717) is 18.3 Å². The molecule has 0 aliphatic heterocycles. The van der Waals surface area contributed by atoms with Crippen molar-refractivity contribution in [2.75, 3.05) is 7.11 Å². The molecule has 0 aromatic carbocycles. The topological polar surface area (TPSA) is 83.0 Å². The SMILES string of the molecule is COC(=O)C(C)c1c(C)nn(Cc2noc(C(C)C)n2)c1C. The Morgan fingerprint density at radius 3 is 2.55 bits per heavy atom. The van der Waals surface area contributed by atoms with E-state index in [1.165, 1.54) is 7.11 Å². The smallest absolute Gasteiger partial charge is 0.312 e. The Morgan fingerprint density at radius 2 is 2.00 bits per heavy atom. The van der Waals surface area contributed by atoms with Gasteiger partial charge in [-0.3, -0.25) is 9.48 Å². The molecule has 7 heteroatoms. The van der Waals surface area contributed by atoms with Crippen molar-refractivity contribution in [1.29, 1.82) is 0 Å². The van der Waals surface area contributed by atoms with E-state index in [-0.39, 0.29) is 17.8 Å². The van der Waals surface area contributed by atoms with Crippen LogP contribution < -0.4 is 0 Å². The maximum Gasteiger partial charge on any atom is 0.312 e. The number of rotatable bonds is 5. The van der Waals surface area contributed by atoms with Crippen molar-refractivity contribution >= 4 is 5.97 Å². The van der Waals surface area contributed by atoms with Gasteiger partial charge in [-0.2, -0.15) is 10.1 Å². The van der Waals surface area contributed by atoms with Crippen LogP contribution in [0.15, 0.2) is 4.52 Å². The largest absolute Gasteiger partial charge is 0.469 e. The van der Waals surface area contributed by atoms with Crippen molar-refractivity contribution in [3.8, 4) is 0 Å². The highest BCUT2D eigenvalue weighted by Gasteiger charge is 2.24. The Kier molecular flexibility index (Phi) is 4.63. The summed E-state index contributed by atoms with van der Waals surface area (Å²) in [4.78, 5) is 16.1. The Morgan fingerprint density at radius 1 is 1.32 bits per heavy atom. The van der Waals surface area contributed by atoms with Crippen LogP contribution >= 0.6 is 0 Å². The molecule has 0 radical (unpaired) electrons. The second kappa shape index (κ2) is 6.29. The van der Waals surface area contributed by atoms with E-state index in [4.69, 9.17) is 9.26 Å². The van der Waals surface area contributed by atoms with Crippen molar-refractivity contribution in [2.45, 2.75) is 53.0 Å². The van der Waals surface area contributed by atoms with Gasteiger partial charge in [0.25, 0.3) is 0 Å². The van der Waals surface area contributed by atoms with Gasteiger partial charge in [-0.15, -0.1) is 0 Å². The lowest BCUT2D eigenvalue weighted by atomic mass is 9.99. The van der Waals surface area contributed by atoms with Gasteiger partial charge in [-0.05, 0) is 20.8 Å². The summed E-state index contributed by atoms with van der Waals surface area (Å²) in [6.45, 7) is 10.0. The van der Waals surface area contributed by atoms with Crippen LogP contribution in [0.4, 0.5) is 0 Å². The summed E-state index contributed by atoms with van der Waals surface area (Å²) < 4.78 is 11.8. The van der Waals surface area contributed by atoms with Gasteiger partial charge in [0.15, 0.2) is 5.82 Å². The molecule has 2 aromatic heterocycles. The van der Waals surface area contributed by atoms with Gasteiger partial charge in [0.05, 0.1) is 18.7 Å². The third-order valence-corrected chi connectivity index (χ3v) is 3.69. The van der Waals surface area contributed by atoms with E-state index in [9.17, 15) is 4.79 Å². The van der Waals surface area contributed by atoms with E-state index < -0.39 is 0 Å². The highest BCUT2D eigenvalue weighted by Crippen LogP contribution is 2.24. The van der Waals surface area contributed by atoms with Crippen molar-refractivity contribution in [2.24, 2.45) is 0 Å². The first-order chi connectivity index (χ1) is 10.3. The quantitative estimate of drug-likeness (QED) is 0.788. The molecule has 1 unspecified atom stereocenters. The fourth-order valence-corrected chi connectivity index (χ4v) is 2.49. The lowest BCUT2D eigenvalue weighted by Gasteiger charge is -2.10. The van der Waals surface area contributed by atoms with Gasteiger partial charge in [-0.1, -0.05) is 19.0 Å². The summed E-state index contributed by atoms with van der Waals surface area (Å²) in [7, 11) is 1.39. The van der Waals surface area contributed by atoms with Crippen LogP contribution in [-0.4, -0.2) is 33.0 Å². The average molecular weight is 306 g/mol. The zero-order valence-corrected chi connectivity index (χ0v) is 13.9. The van der Waals surface area contributed by atoms with Gasteiger partial charge in [0.1, 0.15) is 6.54 Å². The minimum Gasteiger partial charge on any atom is -0.469 e. The number of hydrogen-bond acceptors (Lipinski definition) is 6. The number of nitrogens with zero attached hydrogens (tertiary/aromatic N) is 4. The number of carbonyl (C=O) groups excluding carboxylic acids is 1. The summed E-state index contributed by atoms with van der Waals surface area (Å²) in [6, 6.07) is 0. The predicted molar refractivity (Wildman–Crippen MR) is 79.6 cm³/mol. The molecule has 0 amide bonds. The van der Waals surface area contributed by atoms with Gasteiger partial charge in [0, 0.05) is 17.2 Å². The Hall–Kier alpha value is -2.18. The molecule has 0 aliphatic rings. The molecule has 0 N–H and O–H groups in total. The van der Waals surface area contributed by atoms with Gasteiger partial charge in [0.2, 0.25) is 5.89 Å². The number of methoxy groups -OCH3 is 1. The molecule has 7 nitrogen and oxygen atoms in total. The second-order valence-electron chi connectivity index (χ2n) is 5.69. The minimum atomic E-state index is -0.352. The Bertz CT molecular complexity index is 672. The molecule has 2 heterocycles. The zero-order chi connectivity index (χ0) is 16.4. The van der Waals surface area contributed by atoms with E-state index >= 15 is 0 Å². The summed E-state index contributed by atoms with van der Waals surface area (Å²) in [5.41, 5.74) is 2.61. The number of aromatic nitrogens is 4. The molecule has 120 valence electrons. The van der Waals surface area contributed by atoms with Gasteiger partial charge >= 0.3 is 5.97 Å². The number of carbonyl (C=O) groups is 1. The molecule has 0 spiro atoms. The second-order valence-corrected chi connectivity index (χ2v) is 5.69. The Balaban J connectivity index is 2.27. The average Bonchev–Trinajstić information content (AvgIpc) is 3.04. The first-order valence-corrected chi connectivity index (χ1v) is 7.29. The molecule has 0 fully saturated rings. The van der Waals surface area contributed by atoms with Crippen molar-refractivity contribution in [3.05, 3.63) is 28.7 Å². The van der Waals surface area contributed by atoms with E-state index in [1.54, 1.807) is 4.68 Å². The highest BCUT2D eigenvalue weighted by atomic mass is 16.5. The number of ether oxygens (including phenoxy) is 1. The van der Waals surface area contributed by atoms with E-state index in [2.05, 4.69) is 15.2 Å². The highest BCUT2D eigenvalue weighted by molar-refractivity contribution is 5.78. The first kappa shape index (κ1) is 16.2. The van der Waals surface area contributed by atoms with Crippen LogP contribution in [0.25, 0.3) is 0 Å². The fourth-order valence-electron chi connectivity index (χ4n) is 2.49. The molecule has 0 saturated heterocycles. The molecule has 22 heavy (non-hydrogen) atoms. The molecule has 0 saturated carbocycles. The number of aryl methyl sites for hydroxylation is 1. The molecular formula is C15H22N4O3. The van der Waals surface area contributed by atoms with Crippen LogP contribution in [0, 0.1) is 13.8 Å². The van der Waals surface area contributed by atoms with Crippen molar-refractivity contribution in [1.82, 2.24) is 19.9 Å². The first-order valence-electron chi connectivity index (χ1n) is 7.29. The number of hydrogen-bond donors (Lipinski definition) is 0. The van der Waals surface area contributed by atoms with E-state index in [1.807, 2.05) is 34.6 Å². The Labute approximate surface area is 129 Å². The zero-order valence-electron chi connectivity index (χ0n) is 13.9. The fraction of sp³-hybridized carbons (Fsp3) is 0.600. The molecule has 0 aliphatic carbocycles. The van der Waals surface area contributed by atoms with Gasteiger partial charge < -0.3 is 9.26 Å². The van der Waals surface area contributed by atoms with Crippen molar-refractivity contribution < 1.29 is 14.1 Å². The van der Waals surface area contributed by atoms with Gasteiger partial charge in [-0.25, -0.2) is 0 Å². The summed E-state index contributed by atoms with van der Waals surface area (Å²) in [5, 5.41) is 8.45. The lowest BCUT2D eigenvalue weighted by molar-refractivity contribution is -0.142.